The first-order valence-electron chi connectivity index (χ1n) is 6.97. The first kappa shape index (κ1) is 14.5. The highest BCUT2D eigenvalue weighted by Gasteiger charge is 2.27. The minimum Gasteiger partial charge on any atom is -0.355 e. The second-order valence-corrected chi connectivity index (χ2v) is 5.95. The molecule has 1 atom stereocenters. The smallest absolute Gasteiger partial charge is 0.234 e. The molecule has 1 aliphatic rings. The lowest BCUT2D eigenvalue weighted by atomic mass is 10.0. The van der Waals surface area contributed by atoms with Crippen molar-refractivity contribution >= 4 is 21.8 Å². The second kappa shape index (κ2) is 7.06. The molecule has 1 unspecified atom stereocenters. The maximum Gasteiger partial charge on any atom is 0.234 e. The van der Waals surface area contributed by atoms with E-state index in [1.54, 1.807) is 0 Å². The Morgan fingerprint density at radius 1 is 1.53 bits per heavy atom. The standard InChI is InChI=1S/C15H21BrN2O/c1-2-8-17-15(19)11-18-9-4-7-14(18)12-5-3-6-13(16)10-12/h3,5-6,10,14H,2,4,7-9,11H2,1H3,(H,17,19). The monoisotopic (exact) mass is 324 g/mol. The molecule has 1 amide bonds. The zero-order chi connectivity index (χ0) is 13.7. The van der Waals surface area contributed by atoms with Crippen LogP contribution < -0.4 is 5.32 Å². The molecule has 3 nitrogen and oxygen atoms in total. The van der Waals surface area contributed by atoms with Crippen LogP contribution in [0.15, 0.2) is 28.7 Å². The topological polar surface area (TPSA) is 32.3 Å². The summed E-state index contributed by atoms with van der Waals surface area (Å²) < 4.78 is 1.10. The van der Waals surface area contributed by atoms with Crippen molar-refractivity contribution in [2.24, 2.45) is 0 Å². The zero-order valence-corrected chi connectivity index (χ0v) is 12.9. The number of halogens is 1. The third-order valence-electron chi connectivity index (χ3n) is 3.52. The van der Waals surface area contributed by atoms with Crippen LogP contribution in [0.1, 0.15) is 37.8 Å². The molecule has 1 fully saturated rings. The van der Waals surface area contributed by atoms with E-state index >= 15 is 0 Å². The molecule has 4 heteroatoms. The molecule has 1 heterocycles. The molecule has 1 aromatic carbocycles. The van der Waals surface area contributed by atoms with E-state index in [2.05, 4.69) is 51.3 Å². The largest absolute Gasteiger partial charge is 0.355 e. The van der Waals surface area contributed by atoms with Crippen molar-refractivity contribution in [1.29, 1.82) is 0 Å². The third kappa shape index (κ3) is 4.05. The van der Waals surface area contributed by atoms with Gasteiger partial charge in [-0.2, -0.15) is 0 Å². The number of carbonyl (C=O) groups excluding carboxylic acids is 1. The predicted octanol–water partition coefficient (Wildman–Crippen LogP) is 3.11. The van der Waals surface area contributed by atoms with E-state index in [1.807, 2.05) is 6.07 Å². The number of amides is 1. The number of benzene rings is 1. The number of likely N-dealkylation sites (tertiary alicyclic amines) is 1. The van der Waals surface area contributed by atoms with Gasteiger partial charge in [-0.3, -0.25) is 9.69 Å². The lowest BCUT2D eigenvalue weighted by Gasteiger charge is -2.24. The van der Waals surface area contributed by atoms with Gasteiger partial charge in [0.25, 0.3) is 0 Å². The van der Waals surface area contributed by atoms with Gasteiger partial charge in [-0.25, -0.2) is 0 Å². The van der Waals surface area contributed by atoms with E-state index in [1.165, 1.54) is 5.56 Å². The summed E-state index contributed by atoms with van der Waals surface area (Å²) in [7, 11) is 0. The van der Waals surface area contributed by atoms with Gasteiger partial charge < -0.3 is 5.32 Å². The lowest BCUT2D eigenvalue weighted by molar-refractivity contribution is -0.122. The van der Waals surface area contributed by atoms with Crippen molar-refractivity contribution in [3.63, 3.8) is 0 Å². The van der Waals surface area contributed by atoms with Gasteiger partial charge in [0.2, 0.25) is 5.91 Å². The molecule has 0 bridgehead atoms. The van der Waals surface area contributed by atoms with Crippen LogP contribution in [0.3, 0.4) is 0 Å². The van der Waals surface area contributed by atoms with Crippen LogP contribution in [0, 0.1) is 0 Å². The molecule has 104 valence electrons. The summed E-state index contributed by atoms with van der Waals surface area (Å²) in [6.45, 7) is 4.36. The van der Waals surface area contributed by atoms with Crippen molar-refractivity contribution in [2.45, 2.75) is 32.2 Å². The first-order chi connectivity index (χ1) is 9.20. The maximum absolute atomic E-state index is 11.8. The van der Waals surface area contributed by atoms with Crippen molar-refractivity contribution in [3.05, 3.63) is 34.3 Å². The molecule has 2 rings (SSSR count). The molecular formula is C15H21BrN2O. The molecule has 0 spiro atoms. The third-order valence-corrected chi connectivity index (χ3v) is 4.01. The zero-order valence-electron chi connectivity index (χ0n) is 11.4. The molecule has 0 aliphatic carbocycles. The van der Waals surface area contributed by atoms with Gasteiger partial charge in [-0.05, 0) is 43.5 Å². The van der Waals surface area contributed by atoms with Crippen LogP contribution >= 0.6 is 15.9 Å². The molecule has 19 heavy (non-hydrogen) atoms. The fourth-order valence-corrected chi connectivity index (χ4v) is 3.03. The quantitative estimate of drug-likeness (QED) is 0.902. The van der Waals surface area contributed by atoms with Crippen LogP contribution in [0.4, 0.5) is 0 Å². The second-order valence-electron chi connectivity index (χ2n) is 5.03. The Labute approximate surface area is 123 Å². The van der Waals surface area contributed by atoms with E-state index < -0.39 is 0 Å². The molecule has 1 saturated heterocycles. The summed E-state index contributed by atoms with van der Waals surface area (Å²) in [6, 6.07) is 8.79. The summed E-state index contributed by atoms with van der Waals surface area (Å²) >= 11 is 3.52. The fourth-order valence-electron chi connectivity index (χ4n) is 2.61. The minimum absolute atomic E-state index is 0.142. The van der Waals surface area contributed by atoms with Crippen LogP contribution in [0.5, 0.6) is 0 Å². The Morgan fingerprint density at radius 3 is 3.11 bits per heavy atom. The predicted molar refractivity (Wildman–Crippen MR) is 81.0 cm³/mol. The van der Waals surface area contributed by atoms with Crippen LogP contribution in [0.25, 0.3) is 0 Å². The molecule has 1 N–H and O–H groups in total. The maximum atomic E-state index is 11.8. The highest BCUT2D eigenvalue weighted by atomic mass is 79.9. The van der Waals surface area contributed by atoms with E-state index in [4.69, 9.17) is 0 Å². The lowest BCUT2D eigenvalue weighted by Crippen LogP contribution is -2.37. The molecule has 0 aromatic heterocycles. The van der Waals surface area contributed by atoms with E-state index in [0.29, 0.717) is 12.6 Å². The van der Waals surface area contributed by atoms with Gasteiger partial charge in [0.05, 0.1) is 6.54 Å². The highest BCUT2D eigenvalue weighted by Crippen LogP contribution is 2.32. The Balaban J connectivity index is 1.99. The SMILES string of the molecule is CCCNC(=O)CN1CCCC1c1cccc(Br)c1. The number of carbonyl (C=O) groups is 1. The molecular weight excluding hydrogens is 304 g/mol. The average Bonchev–Trinajstić information content (AvgIpc) is 2.84. The number of hydrogen-bond acceptors (Lipinski definition) is 2. The van der Waals surface area contributed by atoms with Crippen LogP contribution in [-0.2, 0) is 4.79 Å². The first-order valence-corrected chi connectivity index (χ1v) is 7.76. The Kier molecular flexibility index (Phi) is 5.40. The van der Waals surface area contributed by atoms with Crippen molar-refractivity contribution in [2.75, 3.05) is 19.6 Å². The van der Waals surface area contributed by atoms with Gasteiger partial charge >= 0.3 is 0 Å². The summed E-state index contributed by atoms with van der Waals surface area (Å²) in [5.74, 6) is 0.142. The Bertz CT molecular complexity index is 436. The normalized spacial score (nSPS) is 19.6. The van der Waals surface area contributed by atoms with E-state index in [0.717, 1.165) is 36.8 Å². The number of nitrogens with one attached hydrogen (secondary N) is 1. The van der Waals surface area contributed by atoms with Gasteiger partial charge in [-0.15, -0.1) is 0 Å². The average molecular weight is 325 g/mol. The van der Waals surface area contributed by atoms with Crippen LogP contribution in [-0.4, -0.2) is 30.4 Å². The van der Waals surface area contributed by atoms with E-state index in [9.17, 15) is 4.79 Å². The summed E-state index contributed by atoms with van der Waals surface area (Å²) in [6.07, 6.45) is 3.29. The summed E-state index contributed by atoms with van der Waals surface area (Å²) in [4.78, 5) is 14.1. The highest BCUT2D eigenvalue weighted by molar-refractivity contribution is 9.10. The molecule has 1 aliphatic heterocycles. The van der Waals surface area contributed by atoms with Crippen LogP contribution in [0.2, 0.25) is 0 Å². The number of rotatable bonds is 5. The van der Waals surface area contributed by atoms with Gasteiger partial charge in [0.15, 0.2) is 0 Å². The summed E-state index contributed by atoms with van der Waals surface area (Å²) in [5.41, 5.74) is 1.30. The van der Waals surface area contributed by atoms with Gasteiger partial charge in [0.1, 0.15) is 0 Å². The van der Waals surface area contributed by atoms with E-state index in [-0.39, 0.29) is 5.91 Å². The van der Waals surface area contributed by atoms with Crippen molar-refractivity contribution in [1.82, 2.24) is 10.2 Å². The number of hydrogen-bond donors (Lipinski definition) is 1. The fraction of sp³-hybridized carbons (Fsp3) is 0.533. The molecule has 0 saturated carbocycles. The summed E-state index contributed by atoms with van der Waals surface area (Å²) in [5, 5.41) is 2.95. The van der Waals surface area contributed by atoms with Crippen molar-refractivity contribution in [3.8, 4) is 0 Å². The molecule has 1 aromatic rings. The Morgan fingerprint density at radius 2 is 2.37 bits per heavy atom. The minimum atomic E-state index is 0.142. The Hall–Kier alpha value is -0.870. The molecule has 0 radical (unpaired) electrons. The van der Waals surface area contributed by atoms with Gasteiger partial charge in [-0.1, -0.05) is 35.0 Å². The number of nitrogens with zero attached hydrogens (tertiary/aromatic N) is 1. The van der Waals surface area contributed by atoms with Gasteiger partial charge in [0, 0.05) is 17.1 Å². The van der Waals surface area contributed by atoms with Crippen molar-refractivity contribution < 1.29 is 4.79 Å².